The fourth-order valence-corrected chi connectivity index (χ4v) is 2.51. The van der Waals surface area contributed by atoms with Crippen molar-refractivity contribution in [3.05, 3.63) is 23.8 Å². The van der Waals surface area contributed by atoms with Crippen molar-refractivity contribution in [2.45, 2.75) is 32.0 Å². The highest BCUT2D eigenvalue weighted by atomic mass is 19.4. The Balaban J connectivity index is 2.10. The summed E-state index contributed by atoms with van der Waals surface area (Å²) in [5, 5.41) is 2.32. The molecule has 1 aliphatic heterocycles. The Morgan fingerprint density at radius 3 is 2.79 bits per heavy atom. The summed E-state index contributed by atoms with van der Waals surface area (Å²) in [5.74, 6) is 0.107. The molecule has 0 bridgehead atoms. The zero-order chi connectivity index (χ0) is 17.7. The van der Waals surface area contributed by atoms with Crippen LogP contribution in [0.5, 0.6) is 5.75 Å². The van der Waals surface area contributed by atoms with Crippen LogP contribution in [-0.4, -0.2) is 43.8 Å². The predicted molar refractivity (Wildman–Crippen MR) is 83.2 cm³/mol. The molecule has 0 saturated carbocycles. The van der Waals surface area contributed by atoms with Gasteiger partial charge in [0.25, 0.3) is 0 Å². The first kappa shape index (κ1) is 18.4. The molecule has 0 spiro atoms. The van der Waals surface area contributed by atoms with Crippen LogP contribution in [0.4, 0.5) is 23.7 Å². The number of hydrogen-bond acceptors (Lipinski definition) is 3. The topological polar surface area (TPSA) is 50.8 Å². The van der Waals surface area contributed by atoms with E-state index >= 15 is 0 Å². The molecule has 2 rings (SSSR count). The van der Waals surface area contributed by atoms with Crippen LogP contribution in [0.25, 0.3) is 0 Å². The number of rotatable bonds is 5. The zero-order valence-electron chi connectivity index (χ0n) is 13.7. The highest BCUT2D eigenvalue weighted by molar-refractivity contribution is 5.90. The lowest BCUT2D eigenvalue weighted by molar-refractivity contribution is -0.137. The number of benzene rings is 1. The minimum Gasteiger partial charge on any atom is -0.494 e. The van der Waals surface area contributed by atoms with Gasteiger partial charge >= 0.3 is 12.2 Å². The molecule has 8 heteroatoms. The second-order valence-corrected chi connectivity index (χ2v) is 5.58. The first-order valence-electron chi connectivity index (χ1n) is 7.79. The van der Waals surface area contributed by atoms with Crippen molar-refractivity contribution in [3.8, 4) is 5.75 Å². The van der Waals surface area contributed by atoms with E-state index in [0.29, 0.717) is 13.2 Å². The lowest BCUT2D eigenvalue weighted by Gasteiger charge is -2.22. The van der Waals surface area contributed by atoms with E-state index in [4.69, 9.17) is 9.47 Å². The van der Waals surface area contributed by atoms with Crippen molar-refractivity contribution in [2.75, 3.05) is 32.1 Å². The van der Waals surface area contributed by atoms with Gasteiger partial charge in [0.1, 0.15) is 5.75 Å². The van der Waals surface area contributed by atoms with Crippen molar-refractivity contribution in [3.63, 3.8) is 0 Å². The molecule has 1 N–H and O–H groups in total. The van der Waals surface area contributed by atoms with E-state index in [1.54, 1.807) is 6.92 Å². The van der Waals surface area contributed by atoms with E-state index in [1.807, 2.05) is 0 Å². The van der Waals surface area contributed by atoms with E-state index in [1.165, 1.54) is 24.1 Å². The van der Waals surface area contributed by atoms with Crippen molar-refractivity contribution in [1.82, 2.24) is 4.90 Å². The smallest absolute Gasteiger partial charge is 0.418 e. The van der Waals surface area contributed by atoms with Gasteiger partial charge in [0.05, 0.1) is 24.0 Å². The molecular weight excluding hydrogens is 325 g/mol. The summed E-state index contributed by atoms with van der Waals surface area (Å²) in [7, 11) is 1.53. The third kappa shape index (κ3) is 4.77. The van der Waals surface area contributed by atoms with Gasteiger partial charge in [-0.3, -0.25) is 0 Å². The number of amides is 2. The molecule has 1 heterocycles. The summed E-state index contributed by atoms with van der Waals surface area (Å²) in [4.78, 5) is 13.5. The number of likely N-dealkylation sites (N-methyl/N-ethyl adjacent to an activating group) is 1. The van der Waals surface area contributed by atoms with Crippen molar-refractivity contribution in [1.29, 1.82) is 0 Å². The molecule has 0 aliphatic carbocycles. The van der Waals surface area contributed by atoms with Crippen LogP contribution in [0, 0.1) is 0 Å². The maximum Gasteiger partial charge on any atom is 0.418 e. The van der Waals surface area contributed by atoms with E-state index < -0.39 is 17.8 Å². The monoisotopic (exact) mass is 346 g/mol. The largest absolute Gasteiger partial charge is 0.494 e. The van der Waals surface area contributed by atoms with Gasteiger partial charge in [-0.2, -0.15) is 13.2 Å². The number of carbonyl (C=O) groups is 1. The lowest BCUT2D eigenvalue weighted by Crippen LogP contribution is -2.37. The molecule has 24 heavy (non-hydrogen) atoms. The minimum atomic E-state index is -4.59. The molecule has 1 atom stereocenters. The SMILES string of the molecule is CCOc1ccc(NC(=O)N(C)CC2CCCO2)c(C(F)(F)F)c1. The second kappa shape index (κ2) is 7.74. The van der Waals surface area contributed by atoms with Crippen molar-refractivity contribution < 1.29 is 27.4 Å². The first-order valence-corrected chi connectivity index (χ1v) is 7.79. The summed E-state index contributed by atoms with van der Waals surface area (Å²) in [6, 6.07) is 2.87. The summed E-state index contributed by atoms with van der Waals surface area (Å²) in [5.41, 5.74) is -1.23. The molecule has 0 aromatic heterocycles. The van der Waals surface area contributed by atoms with Crippen LogP contribution in [-0.2, 0) is 10.9 Å². The van der Waals surface area contributed by atoms with Crippen LogP contribution in [0.1, 0.15) is 25.3 Å². The standard InChI is InChI=1S/C16H21F3N2O3/c1-3-23-11-6-7-14(13(9-11)16(17,18)19)20-15(22)21(2)10-12-5-4-8-24-12/h6-7,9,12H,3-5,8,10H2,1-2H3,(H,20,22). The van der Waals surface area contributed by atoms with E-state index in [0.717, 1.165) is 18.9 Å². The molecule has 1 saturated heterocycles. The third-order valence-electron chi connectivity index (χ3n) is 3.70. The van der Waals surface area contributed by atoms with E-state index in [-0.39, 0.29) is 24.1 Å². The Labute approximate surface area is 138 Å². The van der Waals surface area contributed by atoms with Crippen molar-refractivity contribution in [2.24, 2.45) is 0 Å². The summed E-state index contributed by atoms with van der Waals surface area (Å²) < 4.78 is 50.1. The summed E-state index contributed by atoms with van der Waals surface area (Å²) in [6.07, 6.45) is -2.89. The summed E-state index contributed by atoms with van der Waals surface area (Å²) in [6.45, 7) is 2.93. The number of alkyl halides is 3. The second-order valence-electron chi connectivity index (χ2n) is 5.58. The molecule has 1 fully saturated rings. The number of hydrogen-bond donors (Lipinski definition) is 1. The van der Waals surface area contributed by atoms with Crippen LogP contribution in [0.15, 0.2) is 18.2 Å². The van der Waals surface area contributed by atoms with Crippen LogP contribution < -0.4 is 10.1 Å². The minimum absolute atomic E-state index is 0.0665. The Bertz CT molecular complexity index is 572. The Kier molecular flexibility index (Phi) is 5.93. The number of carbonyl (C=O) groups excluding carboxylic acids is 1. The highest BCUT2D eigenvalue weighted by Crippen LogP contribution is 2.37. The average molecular weight is 346 g/mol. The Morgan fingerprint density at radius 2 is 2.21 bits per heavy atom. The number of urea groups is 1. The number of nitrogens with zero attached hydrogens (tertiary/aromatic N) is 1. The molecule has 5 nitrogen and oxygen atoms in total. The van der Waals surface area contributed by atoms with Crippen LogP contribution >= 0.6 is 0 Å². The lowest BCUT2D eigenvalue weighted by atomic mass is 10.1. The van der Waals surface area contributed by atoms with Gasteiger partial charge in [0, 0.05) is 20.2 Å². The van der Waals surface area contributed by atoms with Gasteiger partial charge in [-0.05, 0) is 38.0 Å². The molecule has 0 radical (unpaired) electrons. The molecule has 2 amide bonds. The maximum atomic E-state index is 13.2. The number of ether oxygens (including phenoxy) is 2. The van der Waals surface area contributed by atoms with Crippen molar-refractivity contribution >= 4 is 11.7 Å². The van der Waals surface area contributed by atoms with Gasteiger partial charge in [-0.25, -0.2) is 4.79 Å². The first-order chi connectivity index (χ1) is 11.3. The predicted octanol–water partition coefficient (Wildman–Crippen LogP) is 3.75. The van der Waals surface area contributed by atoms with Gasteiger partial charge in [-0.1, -0.05) is 0 Å². The number of halogens is 3. The average Bonchev–Trinajstić information content (AvgIpc) is 3.00. The molecule has 134 valence electrons. The quantitative estimate of drug-likeness (QED) is 0.883. The van der Waals surface area contributed by atoms with Crippen LogP contribution in [0.3, 0.4) is 0 Å². The van der Waals surface area contributed by atoms with E-state index in [9.17, 15) is 18.0 Å². The maximum absolute atomic E-state index is 13.2. The van der Waals surface area contributed by atoms with Gasteiger partial charge in [-0.15, -0.1) is 0 Å². The fraction of sp³-hybridized carbons (Fsp3) is 0.562. The Morgan fingerprint density at radius 1 is 1.46 bits per heavy atom. The van der Waals surface area contributed by atoms with Gasteiger partial charge in [0.15, 0.2) is 0 Å². The number of nitrogens with one attached hydrogen (secondary N) is 1. The van der Waals surface area contributed by atoms with Gasteiger partial charge in [0.2, 0.25) is 0 Å². The van der Waals surface area contributed by atoms with E-state index in [2.05, 4.69) is 5.32 Å². The Hall–Kier alpha value is -1.96. The highest BCUT2D eigenvalue weighted by Gasteiger charge is 2.35. The zero-order valence-corrected chi connectivity index (χ0v) is 13.7. The molecule has 1 aromatic rings. The number of anilines is 1. The molecule has 1 aromatic carbocycles. The molecule has 1 unspecified atom stereocenters. The summed E-state index contributed by atoms with van der Waals surface area (Å²) >= 11 is 0. The normalized spacial score (nSPS) is 17.6. The molecular formula is C16H21F3N2O3. The third-order valence-corrected chi connectivity index (χ3v) is 3.70. The molecule has 1 aliphatic rings. The fourth-order valence-electron chi connectivity index (χ4n) is 2.51. The van der Waals surface area contributed by atoms with Gasteiger partial charge < -0.3 is 19.7 Å². The van der Waals surface area contributed by atoms with Crippen LogP contribution in [0.2, 0.25) is 0 Å².